The van der Waals surface area contributed by atoms with E-state index in [0.717, 1.165) is 12.0 Å². The molecule has 0 saturated carbocycles. The molecular formula is C13H15ClN2OS. The van der Waals surface area contributed by atoms with Crippen molar-refractivity contribution in [3.05, 3.63) is 45.9 Å². The van der Waals surface area contributed by atoms with Crippen LogP contribution in [0.1, 0.15) is 25.0 Å². The summed E-state index contributed by atoms with van der Waals surface area (Å²) >= 11 is 7.53. The van der Waals surface area contributed by atoms with Crippen LogP contribution in [0.4, 0.5) is 0 Å². The molecule has 2 rings (SSSR count). The Hall–Kier alpha value is -1.10. The van der Waals surface area contributed by atoms with Gasteiger partial charge in [0, 0.05) is 23.9 Å². The molecule has 2 heterocycles. The van der Waals surface area contributed by atoms with Gasteiger partial charge in [0.05, 0.1) is 11.2 Å². The molecule has 0 spiro atoms. The largest absolute Gasteiger partial charge is 0.482 e. The van der Waals surface area contributed by atoms with E-state index in [9.17, 15) is 0 Å². The van der Waals surface area contributed by atoms with Crippen molar-refractivity contribution in [2.75, 3.05) is 0 Å². The maximum absolute atomic E-state index is 6.12. The maximum atomic E-state index is 6.12. The number of nitrogens with two attached hydrogens (primary N) is 1. The fourth-order valence-electron chi connectivity index (χ4n) is 1.66. The van der Waals surface area contributed by atoms with Crippen molar-refractivity contribution in [1.29, 1.82) is 0 Å². The van der Waals surface area contributed by atoms with E-state index in [1.54, 1.807) is 29.8 Å². The van der Waals surface area contributed by atoms with Crippen molar-refractivity contribution in [2.45, 2.75) is 25.5 Å². The standard InChI is InChI=1S/C13H15ClN2OS/c1-2-12(15)13(9-3-4-18-8-9)17-11-5-10(14)6-16-7-11/h3-8,12-13H,2,15H2,1H3. The fourth-order valence-corrected chi connectivity index (χ4v) is 2.51. The van der Waals surface area contributed by atoms with E-state index in [2.05, 4.69) is 10.4 Å². The molecule has 0 aliphatic heterocycles. The molecule has 0 fully saturated rings. The monoisotopic (exact) mass is 282 g/mol. The van der Waals surface area contributed by atoms with Gasteiger partial charge in [-0.1, -0.05) is 18.5 Å². The molecule has 3 nitrogen and oxygen atoms in total. The van der Waals surface area contributed by atoms with E-state index in [1.165, 1.54) is 0 Å². The summed E-state index contributed by atoms with van der Waals surface area (Å²) in [6.45, 7) is 2.05. The summed E-state index contributed by atoms with van der Waals surface area (Å²) in [6, 6.07) is 3.72. The Balaban J connectivity index is 2.20. The van der Waals surface area contributed by atoms with Crippen LogP contribution < -0.4 is 10.5 Å². The number of thiophene rings is 1. The van der Waals surface area contributed by atoms with E-state index in [4.69, 9.17) is 22.1 Å². The summed E-state index contributed by atoms with van der Waals surface area (Å²) in [4.78, 5) is 4.01. The van der Waals surface area contributed by atoms with Crippen LogP contribution >= 0.6 is 22.9 Å². The van der Waals surface area contributed by atoms with E-state index in [0.29, 0.717) is 10.8 Å². The first kappa shape index (κ1) is 13.3. The third-order valence-electron chi connectivity index (χ3n) is 2.67. The van der Waals surface area contributed by atoms with Crippen LogP contribution in [-0.4, -0.2) is 11.0 Å². The third-order valence-corrected chi connectivity index (χ3v) is 3.58. The molecule has 96 valence electrons. The molecule has 2 aromatic heterocycles. The summed E-state index contributed by atoms with van der Waals surface area (Å²) in [7, 11) is 0. The van der Waals surface area contributed by atoms with Gasteiger partial charge in [0.15, 0.2) is 0 Å². The Labute approximate surface area is 116 Å². The normalized spacial score (nSPS) is 14.2. The minimum Gasteiger partial charge on any atom is -0.482 e. The minimum atomic E-state index is -0.165. The Morgan fingerprint density at radius 3 is 2.94 bits per heavy atom. The van der Waals surface area contributed by atoms with Crippen LogP contribution in [0.3, 0.4) is 0 Å². The molecule has 0 aliphatic rings. The molecular weight excluding hydrogens is 268 g/mol. The van der Waals surface area contributed by atoms with Crippen LogP contribution in [0.15, 0.2) is 35.3 Å². The molecule has 2 aromatic rings. The van der Waals surface area contributed by atoms with Crippen molar-refractivity contribution < 1.29 is 4.74 Å². The van der Waals surface area contributed by atoms with Crippen molar-refractivity contribution in [3.8, 4) is 5.75 Å². The fraction of sp³-hybridized carbons (Fsp3) is 0.308. The maximum Gasteiger partial charge on any atom is 0.140 e. The zero-order valence-corrected chi connectivity index (χ0v) is 11.6. The third kappa shape index (κ3) is 3.22. The van der Waals surface area contributed by atoms with Crippen molar-refractivity contribution >= 4 is 22.9 Å². The predicted molar refractivity (Wildman–Crippen MR) is 75.2 cm³/mol. The Bertz CT molecular complexity index is 489. The van der Waals surface area contributed by atoms with Crippen LogP contribution in [-0.2, 0) is 0 Å². The van der Waals surface area contributed by atoms with Gasteiger partial charge >= 0.3 is 0 Å². The number of rotatable bonds is 5. The van der Waals surface area contributed by atoms with Crippen LogP contribution in [0.2, 0.25) is 5.02 Å². The molecule has 0 radical (unpaired) electrons. The second-order valence-electron chi connectivity index (χ2n) is 4.01. The van der Waals surface area contributed by atoms with Gasteiger partial charge < -0.3 is 10.5 Å². The summed E-state index contributed by atoms with van der Waals surface area (Å²) in [6.07, 6.45) is 3.90. The topological polar surface area (TPSA) is 48.1 Å². The van der Waals surface area contributed by atoms with Gasteiger partial charge in [-0.3, -0.25) is 4.98 Å². The second-order valence-corrected chi connectivity index (χ2v) is 5.22. The first-order valence-electron chi connectivity index (χ1n) is 5.75. The summed E-state index contributed by atoms with van der Waals surface area (Å²) in [5.41, 5.74) is 7.21. The van der Waals surface area contributed by atoms with Gasteiger partial charge in [-0.15, -0.1) is 0 Å². The van der Waals surface area contributed by atoms with Gasteiger partial charge in [-0.25, -0.2) is 0 Å². The van der Waals surface area contributed by atoms with Crippen LogP contribution in [0.25, 0.3) is 0 Å². The first-order valence-corrected chi connectivity index (χ1v) is 7.07. The highest BCUT2D eigenvalue weighted by atomic mass is 35.5. The van der Waals surface area contributed by atoms with E-state index in [-0.39, 0.29) is 12.1 Å². The zero-order valence-electron chi connectivity index (χ0n) is 10.0. The Morgan fingerprint density at radius 1 is 1.50 bits per heavy atom. The lowest BCUT2D eigenvalue weighted by Crippen LogP contribution is -2.31. The number of aromatic nitrogens is 1. The van der Waals surface area contributed by atoms with E-state index in [1.807, 2.05) is 18.4 Å². The molecule has 0 amide bonds. The van der Waals surface area contributed by atoms with Gasteiger partial charge in [0.2, 0.25) is 0 Å². The lowest BCUT2D eigenvalue weighted by atomic mass is 10.0. The highest BCUT2D eigenvalue weighted by Crippen LogP contribution is 2.27. The number of nitrogens with zero attached hydrogens (tertiary/aromatic N) is 1. The SMILES string of the molecule is CCC(N)C(Oc1cncc(Cl)c1)c1ccsc1. The van der Waals surface area contributed by atoms with Crippen LogP contribution in [0, 0.1) is 0 Å². The quantitative estimate of drug-likeness (QED) is 0.910. The van der Waals surface area contributed by atoms with Crippen LogP contribution in [0.5, 0.6) is 5.75 Å². The highest BCUT2D eigenvalue weighted by molar-refractivity contribution is 7.07. The van der Waals surface area contributed by atoms with Gasteiger partial charge in [-0.2, -0.15) is 11.3 Å². The van der Waals surface area contributed by atoms with E-state index >= 15 is 0 Å². The number of pyridine rings is 1. The molecule has 18 heavy (non-hydrogen) atoms. The molecule has 2 atom stereocenters. The Kier molecular flexibility index (Phi) is 4.58. The molecule has 0 bridgehead atoms. The molecule has 2 unspecified atom stereocenters. The predicted octanol–water partition coefficient (Wildman–Crippen LogP) is 3.65. The smallest absolute Gasteiger partial charge is 0.140 e. The first-order chi connectivity index (χ1) is 8.70. The summed E-state index contributed by atoms with van der Waals surface area (Å²) in [5.74, 6) is 0.641. The van der Waals surface area contributed by atoms with E-state index < -0.39 is 0 Å². The summed E-state index contributed by atoms with van der Waals surface area (Å²) < 4.78 is 5.93. The van der Waals surface area contributed by atoms with Crippen molar-refractivity contribution in [2.24, 2.45) is 5.73 Å². The lowest BCUT2D eigenvalue weighted by molar-refractivity contribution is 0.171. The van der Waals surface area contributed by atoms with Gasteiger partial charge in [-0.05, 0) is 23.2 Å². The Morgan fingerprint density at radius 2 is 2.33 bits per heavy atom. The molecule has 0 saturated heterocycles. The van der Waals surface area contributed by atoms with Gasteiger partial charge in [0.1, 0.15) is 11.9 Å². The van der Waals surface area contributed by atoms with Gasteiger partial charge in [0.25, 0.3) is 0 Å². The minimum absolute atomic E-state index is 0.0569. The number of hydrogen-bond donors (Lipinski definition) is 1. The molecule has 0 aromatic carbocycles. The number of hydrogen-bond acceptors (Lipinski definition) is 4. The average Bonchev–Trinajstić information content (AvgIpc) is 2.89. The van der Waals surface area contributed by atoms with Crippen molar-refractivity contribution in [1.82, 2.24) is 4.98 Å². The highest BCUT2D eigenvalue weighted by Gasteiger charge is 2.21. The number of halogens is 1. The molecule has 0 aliphatic carbocycles. The second kappa shape index (κ2) is 6.18. The lowest BCUT2D eigenvalue weighted by Gasteiger charge is -2.23. The average molecular weight is 283 g/mol. The van der Waals surface area contributed by atoms with Crippen molar-refractivity contribution in [3.63, 3.8) is 0 Å². The summed E-state index contributed by atoms with van der Waals surface area (Å²) in [5, 5.41) is 4.63. The molecule has 2 N–H and O–H groups in total. The zero-order chi connectivity index (χ0) is 13.0. The number of ether oxygens (including phenoxy) is 1. The molecule has 5 heteroatoms.